The predicted octanol–water partition coefficient (Wildman–Crippen LogP) is 5.23. The lowest BCUT2D eigenvalue weighted by Crippen LogP contribution is -2.28. The molecule has 2 aromatic rings. The summed E-state index contributed by atoms with van der Waals surface area (Å²) in [6.45, 7) is 6.67. The predicted molar refractivity (Wildman–Crippen MR) is 119 cm³/mol. The number of methoxy groups -OCH3 is 3. The van der Waals surface area contributed by atoms with Crippen molar-refractivity contribution in [1.29, 1.82) is 0 Å². The topological polar surface area (TPSA) is 68.8 Å². The molecule has 6 nitrogen and oxygen atoms in total. The van der Waals surface area contributed by atoms with Gasteiger partial charge >= 0.3 is 6.03 Å². The highest BCUT2D eigenvalue weighted by molar-refractivity contribution is 7.99. The van der Waals surface area contributed by atoms with Gasteiger partial charge in [-0.15, -0.1) is 11.8 Å². The van der Waals surface area contributed by atoms with Crippen LogP contribution in [0.3, 0.4) is 0 Å². The van der Waals surface area contributed by atoms with Gasteiger partial charge in [-0.2, -0.15) is 0 Å². The van der Waals surface area contributed by atoms with E-state index in [1.807, 2.05) is 36.9 Å². The number of anilines is 1. The second-order valence-electron chi connectivity index (χ2n) is 6.61. The number of carbonyl (C=O) groups is 1. The van der Waals surface area contributed by atoms with Gasteiger partial charge in [0.05, 0.1) is 21.3 Å². The molecular weight excluding hydrogens is 388 g/mol. The molecule has 0 heterocycles. The van der Waals surface area contributed by atoms with Crippen molar-refractivity contribution in [2.45, 2.75) is 43.9 Å². The first-order chi connectivity index (χ1) is 13.9. The largest absolute Gasteiger partial charge is 0.493 e. The lowest BCUT2D eigenvalue weighted by atomic mass is 10.1. The van der Waals surface area contributed by atoms with Gasteiger partial charge in [0.1, 0.15) is 0 Å². The van der Waals surface area contributed by atoms with Gasteiger partial charge in [-0.3, -0.25) is 0 Å². The van der Waals surface area contributed by atoms with Crippen molar-refractivity contribution in [3.05, 3.63) is 41.5 Å². The van der Waals surface area contributed by atoms with Crippen molar-refractivity contribution in [2.24, 2.45) is 0 Å². The fourth-order valence-corrected chi connectivity index (χ4v) is 3.83. The Bertz CT molecular complexity index is 842. The van der Waals surface area contributed by atoms with E-state index in [1.54, 1.807) is 27.4 Å². The van der Waals surface area contributed by atoms with Crippen molar-refractivity contribution in [3.63, 3.8) is 0 Å². The molecule has 0 radical (unpaired) electrons. The molecule has 2 rings (SSSR count). The minimum Gasteiger partial charge on any atom is -0.493 e. The average molecular weight is 419 g/mol. The number of thioether (sulfide) groups is 1. The Morgan fingerprint density at radius 3 is 2.38 bits per heavy atom. The van der Waals surface area contributed by atoms with E-state index < -0.39 is 0 Å². The van der Waals surface area contributed by atoms with Gasteiger partial charge in [-0.25, -0.2) is 4.79 Å². The number of benzene rings is 2. The van der Waals surface area contributed by atoms with Crippen LogP contribution >= 0.6 is 11.8 Å². The van der Waals surface area contributed by atoms with Crippen molar-refractivity contribution in [2.75, 3.05) is 26.6 Å². The molecular formula is C22H30N2O4S. The quantitative estimate of drug-likeness (QED) is 0.546. The number of carbonyl (C=O) groups excluding carboxylic acids is 1. The summed E-state index contributed by atoms with van der Waals surface area (Å²) >= 11 is 1.84. The van der Waals surface area contributed by atoms with E-state index in [4.69, 9.17) is 14.2 Å². The monoisotopic (exact) mass is 418 g/mol. The molecule has 2 N–H and O–H groups in total. The minimum absolute atomic E-state index is 0.285. The third-order valence-corrected chi connectivity index (χ3v) is 5.85. The first-order valence-corrected chi connectivity index (χ1v) is 10.4. The number of hydrogen-bond donors (Lipinski definition) is 2. The van der Waals surface area contributed by atoms with Crippen LogP contribution in [-0.2, 0) is 6.54 Å². The number of nitrogens with one attached hydrogen (secondary N) is 2. The van der Waals surface area contributed by atoms with Gasteiger partial charge < -0.3 is 24.8 Å². The van der Waals surface area contributed by atoms with Crippen LogP contribution in [0.25, 0.3) is 0 Å². The molecule has 0 aromatic heterocycles. The lowest BCUT2D eigenvalue weighted by Gasteiger charge is -2.16. The van der Waals surface area contributed by atoms with Gasteiger partial charge in [0.25, 0.3) is 0 Å². The van der Waals surface area contributed by atoms with E-state index >= 15 is 0 Å². The molecule has 0 saturated heterocycles. The zero-order valence-corrected chi connectivity index (χ0v) is 18.7. The second-order valence-corrected chi connectivity index (χ2v) is 8.13. The van der Waals surface area contributed by atoms with Gasteiger partial charge in [0.15, 0.2) is 11.5 Å². The number of hydrogen-bond acceptors (Lipinski definition) is 5. The van der Waals surface area contributed by atoms with Crippen LogP contribution in [0.5, 0.6) is 17.2 Å². The zero-order chi connectivity index (χ0) is 21.4. The fraction of sp³-hybridized carbons (Fsp3) is 0.409. The molecule has 0 bridgehead atoms. The van der Waals surface area contributed by atoms with Gasteiger partial charge in [-0.1, -0.05) is 13.8 Å². The van der Waals surface area contributed by atoms with Crippen LogP contribution in [0.15, 0.2) is 35.2 Å². The Kier molecular flexibility index (Phi) is 8.51. The molecule has 0 aliphatic carbocycles. The van der Waals surface area contributed by atoms with Crippen LogP contribution in [0.4, 0.5) is 10.5 Å². The highest BCUT2D eigenvalue weighted by atomic mass is 32.2. The summed E-state index contributed by atoms with van der Waals surface area (Å²) in [5, 5.41) is 6.33. The molecule has 1 unspecified atom stereocenters. The zero-order valence-electron chi connectivity index (χ0n) is 17.9. The van der Waals surface area contributed by atoms with E-state index in [0.717, 1.165) is 23.2 Å². The first kappa shape index (κ1) is 22.7. The Morgan fingerprint density at radius 1 is 1.07 bits per heavy atom. The number of ether oxygens (including phenoxy) is 3. The molecule has 1 atom stereocenters. The number of amides is 2. The molecule has 2 amide bonds. The average Bonchev–Trinajstić information content (AvgIpc) is 2.73. The van der Waals surface area contributed by atoms with E-state index in [9.17, 15) is 4.79 Å². The van der Waals surface area contributed by atoms with Crippen LogP contribution in [-0.4, -0.2) is 32.6 Å². The maximum atomic E-state index is 12.4. The molecule has 2 aromatic carbocycles. The fourth-order valence-electron chi connectivity index (χ4n) is 2.81. The Hall–Kier alpha value is -2.54. The van der Waals surface area contributed by atoms with Crippen molar-refractivity contribution < 1.29 is 19.0 Å². The summed E-state index contributed by atoms with van der Waals surface area (Å²) in [7, 11) is 4.68. The summed E-state index contributed by atoms with van der Waals surface area (Å²) in [5.41, 5.74) is 2.60. The number of aryl methyl sites for hydroxylation is 1. The highest BCUT2D eigenvalue weighted by Gasteiger charge is 2.16. The summed E-state index contributed by atoms with van der Waals surface area (Å²) < 4.78 is 16.1. The molecule has 0 fully saturated rings. The number of urea groups is 1. The second kappa shape index (κ2) is 10.9. The van der Waals surface area contributed by atoms with Crippen molar-refractivity contribution >= 4 is 23.5 Å². The standard InChI is InChI=1S/C22H30N2O4S/c1-7-15(3)29-17-9-10-18(14(2)12-17)24-22(25)23-13-16-8-11-19(26-4)21(28-6)20(16)27-5/h8-12,15H,7,13H2,1-6H3,(H2,23,24,25). The highest BCUT2D eigenvalue weighted by Crippen LogP contribution is 2.39. The van der Waals surface area contributed by atoms with Crippen molar-refractivity contribution in [3.8, 4) is 17.2 Å². The lowest BCUT2D eigenvalue weighted by molar-refractivity contribution is 0.251. The Labute approximate surface area is 177 Å². The van der Waals surface area contributed by atoms with Crippen molar-refractivity contribution in [1.82, 2.24) is 5.32 Å². The molecule has 0 aliphatic heterocycles. The van der Waals surface area contributed by atoms with Crippen LogP contribution in [0.1, 0.15) is 31.4 Å². The maximum Gasteiger partial charge on any atom is 0.319 e. The molecule has 158 valence electrons. The van der Waals surface area contributed by atoms with Crippen LogP contribution in [0.2, 0.25) is 0 Å². The summed E-state index contributed by atoms with van der Waals surface area (Å²) in [6.07, 6.45) is 1.12. The van der Waals surface area contributed by atoms with E-state index in [1.165, 1.54) is 4.90 Å². The van der Waals surface area contributed by atoms with Gasteiger partial charge in [0.2, 0.25) is 5.75 Å². The third-order valence-electron chi connectivity index (χ3n) is 4.58. The summed E-state index contributed by atoms with van der Waals surface area (Å²) in [5.74, 6) is 1.61. The molecule has 0 aliphatic rings. The summed E-state index contributed by atoms with van der Waals surface area (Å²) in [6, 6.07) is 9.42. The van der Waals surface area contributed by atoms with Crippen LogP contribution < -0.4 is 24.8 Å². The third kappa shape index (κ3) is 5.97. The molecule has 7 heteroatoms. The Morgan fingerprint density at radius 2 is 1.79 bits per heavy atom. The smallest absolute Gasteiger partial charge is 0.319 e. The number of rotatable bonds is 9. The van der Waals surface area contributed by atoms with E-state index in [-0.39, 0.29) is 12.6 Å². The van der Waals surface area contributed by atoms with Gasteiger partial charge in [-0.05, 0) is 49.2 Å². The maximum absolute atomic E-state index is 12.4. The van der Waals surface area contributed by atoms with E-state index in [2.05, 4.69) is 30.5 Å². The SMILES string of the molecule is CCC(C)Sc1ccc(NC(=O)NCc2ccc(OC)c(OC)c2OC)c(C)c1. The molecule has 0 saturated carbocycles. The van der Waals surface area contributed by atoms with E-state index in [0.29, 0.717) is 22.5 Å². The normalized spacial score (nSPS) is 11.5. The first-order valence-electron chi connectivity index (χ1n) is 9.53. The van der Waals surface area contributed by atoms with Crippen LogP contribution in [0, 0.1) is 6.92 Å². The van der Waals surface area contributed by atoms with Gasteiger partial charge in [0, 0.05) is 27.9 Å². The minimum atomic E-state index is -0.285. The molecule has 29 heavy (non-hydrogen) atoms. The molecule has 0 spiro atoms. The summed E-state index contributed by atoms with van der Waals surface area (Å²) in [4.78, 5) is 13.6. The Balaban J connectivity index is 2.03.